The predicted octanol–water partition coefficient (Wildman–Crippen LogP) is 5.97. The summed E-state index contributed by atoms with van der Waals surface area (Å²) in [5.41, 5.74) is 0.701. The fourth-order valence-electron chi connectivity index (χ4n) is 2.24. The molecular formula is C19H13ClF3NO3S. The zero-order valence-corrected chi connectivity index (χ0v) is 15.7. The van der Waals surface area contributed by atoms with Crippen LogP contribution >= 0.6 is 22.9 Å². The van der Waals surface area contributed by atoms with E-state index in [0.717, 1.165) is 35.1 Å². The van der Waals surface area contributed by atoms with Crippen LogP contribution in [0, 0.1) is 5.82 Å². The Morgan fingerprint density at radius 1 is 1.14 bits per heavy atom. The molecule has 4 nitrogen and oxygen atoms in total. The van der Waals surface area contributed by atoms with Gasteiger partial charge in [-0.05, 0) is 47.8 Å². The maximum Gasteiger partial charge on any atom is 0.387 e. The van der Waals surface area contributed by atoms with Crippen molar-refractivity contribution >= 4 is 34.5 Å². The fourth-order valence-corrected chi connectivity index (χ4v) is 3.16. The van der Waals surface area contributed by atoms with Gasteiger partial charge in [-0.1, -0.05) is 11.6 Å². The van der Waals surface area contributed by atoms with Crippen molar-refractivity contribution in [3.05, 3.63) is 75.2 Å². The minimum atomic E-state index is -3.14. The first-order valence-electron chi connectivity index (χ1n) is 7.92. The van der Waals surface area contributed by atoms with Gasteiger partial charge in [0.05, 0.1) is 10.6 Å². The van der Waals surface area contributed by atoms with Crippen LogP contribution in [0.15, 0.2) is 53.9 Å². The molecule has 0 unspecified atom stereocenters. The molecule has 3 aromatic rings. The van der Waals surface area contributed by atoms with E-state index in [0.29, 0.717) is 15.6 Å². The first kappa shape index (κ1) is 20.0. The van der Waals surface area contributed by atoms with E-state index >= 15 is 0 Å². The van der Waals surface area contributed by atoms with Gasteiger partial charge in [-0.3, -0.25) is 4.79 Å². The second-order valence-corrected chi connectivity index (χ2v) is 6.88. The highest BCUT2D eigenvalue weighted by Crippen LogP contribution is 2.28. The molecule has 0 bridgehead atoms. The molecule has 0 saturated heterocycles. The third-order valence-corrected chi connectivity index (χ3v) is 4.73. The summed E-state index contributed by atoms with van der Waals surface area (Å²) >= 11 is 6.97. The lowest BCUT2D eigenvalue weighted by Gasteiger charge is -2.11. The molecule has 1 amide bonds. The van der Waals surface area contributed by atoms with Crippen LogP contribution in [0.2, 0.25) is 5.02 Å². The number of ether oxygens (including phenoxy) is 2. The fraction of sp³-hybridized carbons (Fsp3) is 0.105. The van der Waals surface area contributed by atoms with Crippen LogP contribution < -0.4 is 14.8 Å². The highest BCUT2D eigenvalue weighted by atomic mass is 35.5. The third-order valence-electron chi connectivity index (χ3n) is 3.50. The normalized spacial score (nSPS) is 10.8. The van der Waals surface area contributed by atoms with Crippen LogP contribution in [0.1, 0.15) is 15.2 Å². The smallest absolute Gasteiger partial charge is 0.387 e. The maximum absolute atomic E-state index is 13.3. The molecule has 28 heavy (non-hydrogen) atoms. The second kappa shape index (κ2) is 8.99. The lowest BCUT2D eigenvalue weighted by molar-refractivity contribution is -0.0495. The van der Waals surface area contributed by atoms with Crippen molar-refractivity contribution in [2.45, 2.75) is 13.2 Å². The van der Waals surface area contributed by atoms with Gasteiger partial charge in [-0.25, -0.2) is 4.39 Å². The zero-order chi connectivity index (χ0) is 20.1. The number of benzene rings is 2. The quantitative estimate of drug-likeness (QED) is 0.505. The molecule has 9 heteroatoms. The monoisotopic (exact) mass is 427 g/mol. The third kappa shape index (κ3) is 5.40. The van der Waals surface area contributed by atoms with E-state index in [1.54, 1.807) is 35.7 Å². The lowest BCUT2D eigenvalue weighted by atomic mass is 10.2. The molecule has 0 aliphatic carbocycles. The van der Waals surface area contributed by atoms with Crippen LogP contribution in [0.3, 0.4) is 0 Å². The summed E-state index contributed by atoms with van der Waals surface area (Å²) in [5, 5.41) is 4.78. The van der Waals surface area contributed by atoms with Crippen molar-refractivity contribution in [1.82, 2.24) is 0 Å². The Balaban J connectivity index is 1.65. The van der Waals surface area contributed by atoms with Gasteiger partial charge < -0.3 is 14.8 Å². The van der Waals surface area contributed by atoms with Crippen molar-refractivity contribution < 1.29 is 27.4 Å². The molecular weight excluding hydrogens is 415 g/mol. The van der Waals surface area contributed by atoms with Gasteiger partial charge in [0.2, 0.25) is 0 Å². The topological polar surface area (TPSA) is 47.6 Å². The van der Waals surface area contributed by atoms with E-state index < -0.39 is 24.1 Å². The van der Waals surface area contributed by atoms with Crippen LogP contribution in [-0.4, -0.2) is 12.5 Å². The van der Waals surface area contributed by atoms with Crippen molar-refractivity contribution in [3.63, 3.8) is 0 Å². The average molecular weight is 428 g/mol. The largest absolute Gasteiger partial charge is 0.489 e. The molecule has 0 aliphatic rings. The van der Waals surface area contributed by atoms with Crippen LogP contribution in [-0.2, 0) is 6.61 Å². The van der Waals surface area contributed by atoms with E-state index in [-0.39, 0.29) is 12.3 Å². The first-order valence-corrected chi connectivity index (χ1v) is 9.18. The highest BCUT2D eigenvalue weighted by molar-refractivity contribution is 7.12. The molecule has 0 fully saturated rings. The van der Waals surface area contributed by atoms with Gasteiger partial charge in [0, 0.05) is 16.7 Å². The number of carbonyl (C=O) groups excluding carboxylic acids is 1. The number of nitrogens with one attached hydrogen (secondary N) is 1. The number of hydrogen-bond acceptors (Lipinski definition) is 4. The summed E-state index contributed by atoms with van der Waals surface area (Å²) in [5.74, 6) is -1.12. The van der Waals surface area contributed by atoms with E-state index in [1.807, 2.05) is 0 Å². The highest BCUT2D eigenvalue weighted by Gasteiger charge is 2.16. The second-order valence-electron chi connectivity index (χ2n) is 5.53. The molecule has 0 radical (unpaired) electrons. The summed E-state index contributed by atoms with van der Waals surface area (Å²) in [4.78, 5) is 12.7. The molecule has 0 saturated carbocycles. The minimum absolute atomic E-state index is 0.0564. The van der Waals surface area contributed by atoms with E-state index in [4.69, 9.17) is 16.3 Å². The average Bonchev–Trinajstić information content (AvgIpc) is 3.12. The van der Waals surface area contributed by atoms with E-state index in [2.05, 4.69) is 10.1 Å². The summed E-state index contributed by atoms with van der Waals surface area (Å²) in [7, 11) is 0. The van der Waals surface area contributed by atoms with Crippen molar-refractivity contribution in [3.8, 4) is 11.5 Å². The number of carbonyl (C=O) groups is 1. The Hall–Kier alpha value is -2.71. The number of halogens is 4. The van der Waals surface area contributed by atoms with Crippen molar-refractivity contribution in [1.29, 1.82) is 0 Å². The number of hydrogen-bond donors (Lipinski definition) is 1. The Morgan fingerprint density at radius 2 is 1.89 bits per heavy atom. The van der Waals surface area contributed by atoms with E-state index in [9.17, 15) is 18.0 Å². The molecule has 3 rings (SSSR count). The molecule has 146 valence electrons. The summed E-state index contributed by atoms with van der Waals surface area (Å²) in [6.07, 6.45) is 0. The van der Waals surface area contributed by atoms with Gasteiger partial charge in [0.25, 0.3) is 5.91 Å². The Bertz CT molecular complexity index is 963. The Morgan fingerprint density at radius 3 is 2.61 bits per heavy atom. The molecule has 1 heterocycles. The van der Waals surface area contributed by atoms with Crippen LogP contribution in [0.25, 0.3) is 0 Å². The van der Waals surface area contributed by atoms with Gasteiger partial charge in [0.1, 0.15) is 18.2 Å². The first-order chi connectivity index (χ1) is 13.4. The van der Waals surface area contributed by atoms with Gasteiger partial charge in [-0.2, -0.15) is 8.78 Å². The zero-order valence-electron chi connectivity index (χ0n) is 14.1. The molecule has 2 aromatic carbocycles. The van der Waals surface area contributed by atoms with Gasteiger partial charge in [0.15, 0.2) is 5.75 Å². The molecule has 1 aromatic heterocycles. The number of thiophene rings is 1. The molecule has 0 aliphatic heterocycles. The summed E-state index contributed by atoms with van der Waals surface area (Å²) in [6.45, 7) is -2.90. The van der Waals surface area contributed by atoms with Crippen LogP contribution in [0.5, 0.6) is 11.5 Å². The molecule has 0 spiro atoms. The van der Waals surface area contributed by atoms with Crippen LogP contribution in [0.4, 0.5) is 18.9 Å². The van der Waals surface area contributed by atoms with Gasteiger partial charge in [-0.15, -0.1) is 11.3 Å². The Kier molecular flexibility index (Phi) is 6.43. The van der Waals surface area contributed by atoms with Crippen molar-refractivity contribution in [2.24, 2.45) is 0 Å². The number of alkyl halides is 2. The van der Waals surface area contributed by atoms with Crippen molar-refractivity contribution in [2.75, 3.05) is 5.32 Å². The van der Waals surface area contributed by atoms with Gasteiger partial charge >= 0.3 is 6.61 Å². The maximum atomic E-state index is 13.3. The SMILES string of the molecule is O=C(Nc1ccc(F)cc1OC(F)F)c1cc(COc2ccc(Cl)cc2)cs1. The molecule has 1 N–H and O–H groups in total. The van der Waals surface area contributed by atoms with E-state index in [1.165, 1.54) is 0 Å². The lowest BCUT2D eigenvalue weighted by Crippen LogP contribution is -2.13. The standard InChI is InChI=1S/C19H13ClF3NO3S/c20-12-1-4-14(5-2-12)26-9-11-7-17(28-10-11)18(25)24-15-6-3-13(21)8-16(15)27-19(22)23/h1-8,10,19H,9H2,(H,24,25). The molecule has 0 atom stereocenters. The summed E-state index contributed by atoms with van der Waals surface area (Å²) in [6, 6.07) is 11.4. The predicted molar refractivity (Wildman–Crippen MR) is 101 cm³/mol. The number of anilines is 1. The summed E-state index contributed by atoms with van der Waals surface area (Å²) < 4.78 is 48.0. The minimum Gasteiger partial charge on any atom is -0.489 e. The number of rotatable bonds is 7. The number of amides is 1. The Labute approximate surface area is 167 Å².